The van der Waals surface area contributed by atoms with Gasteiger partial charge in [-0.15, -0.1) is 0 Å². The first-order chi connectivity index (χ1) is 15.5. The maximum Gasteiger partial charge on any atom is 0.157 e. The molecule has 0 unspecified atom stereocenters. The summed E-state index contributed by atoms with van der Waals surface area (Å²) in [6, 6.07) is -0.198. The third-order valence-corrected chi connectivity index (χ3v) is 8.72. The Kier molecular flexibility index (Phi) is 8.27. The Morgan fingerprint density at radius 3 is 1.19 bits per heavy atom. The second-order valence-electron chi connectivity index (χ2n) is 10.7. The van der Waals surface area contributed by atoms with E-state index in [0.717, 1.165) is 90.1 Å². The molecule has 2 saturated carbocycles. The molecule has 0 aromatic heterocycles. The topological polar surface area (TPSA) is 92.3 Å². The zero-order valence-electron chi connectivity index (χ0n) is 19.4. The molecule has 32 heavy (non-hydrogen) atoms. The van der Waals surface area contributed by atoms with Crippen LogP contribution in [0.5, 0.6) is 0 Å². The van der Waals surface area contributed by atoms with E-state index in [2.05, 4.69) is 10.6 Å². The van der Waals surface area contributed by atoms with Crippen LogP contribution in [0.1, 0.15) is 89.9 Å². The Balaban J connectivity index is 1.15. The van der Waals surface area contributed by atoms with Crippen LogP contribution in [-0.4, -0.2) is 48.3 Å². The average Bonchev–Trinajstić information content (AvgIpc) is 3.54. The van der Waals surface area contributed by atoms with E-state index >= 15 is 0 Å². The van der Waals surface area contributed by atoms with E-state index in [-0.39, 0.29) is 59.9 Å². The van der Waals surface area contributed by atoms with Crippen LogP contribution < -0.4 is 10.6 Å². The lowest BCUT2D eigenvalue weighted by Crippen LogP contribution is -2.35. The third-order valence-electron chi connectivity index (χ3n) is 8.72. The smallest absolute Gasteiger partial charge is 0.157 e. The Bertz CT molecular complexity index is 633. The molecule has 0 radical (unpaired) electrons. The minimum absolute atomic E-state index is 0.0599. The molecule has 6 nitrogen and oxygen atoms in total. The van der Waals surface area contributed by atoms with Crippen molar-refractivity contribution in [1.82, 2.24) is 10.6 Å². The highest BCUT2D eigenvalue weighted by molar-refractivity contribution is 6.03. The monoisotopic (exact) mass is 444 g/mol. The molecule has 178 valence electrons. The van der Waals surface area contributed by atoms with E-state index < -0.39 is 0 Å². The van der Waals surface area contributed by atoms with E-state index in [1.54, 1.807) is 0 Å². The number of nitrogens with one attached hydrogen (secondary N) is 2. The number of carbonyl (C=O) groups is 4. The quantitative estimate of drug-likeness (QED) is 0.531. The fourth-order valence-electron chi connectivity index (χ4n) is 6.62. The largest absolute Gasteiger partial charge is 0.307 e. The summed E-state index contributed by atoms with van der Waals surface area (Å²) in [5, 5.41) is 6.41. The van der Waals surface area contributed by atoms with Crippen LogP contribution in [0.3, 0.4) is 0 Å². The lowest BCUT2D eigenvalue weighted by atomic mass is 9.68. The third kappa shape index (κ3) is 5.93. The van der Waals surface area contributed by atoms with Crippen LogP contribution in [0.25, 0.3) is 0 Å². The van der Waals surface area contributed by atoms with Crippen LogP contribution in [-0.2, 0) is 19.2 Å². The maximum atomic E-state index is 12.6. The molecular weight excluding hydrogens is 404 g/mol. The number of rotatable bonds is 9. The number of ketones is 4. The van der Waals surface area contributed by atoms with Gasteiger partial charge in [0.2, 0.25) is 0 Å². The fourth-order valence-corrected chi connectivity index (χ4v) is 6.62. The summed E-state index contributed by atoms with van der Waals surface area (Å²) in [5.41, 5.74) is 0. The molecule has 2 N–H and O–H groups in total. The molecule has 4 aliphatic rings. The summed E-state index contributed by atoms with van der Waals surface area (Å²) in [4.78, 5) is 49.9. The molecule has 4 fully saturated rings. The Morgan fingerprint density at radius 2 is 0.875 bits per heavy atom. The fraction of sp³-hybridized carbons (Fsp3) is 0.846. The summed E-state index contributed by atoms with van der Waals surface area (Å²) in [6.45, 7) is 1.77. The van der Waals surface area contributed by atoms with E-state index in [1.165, 1.54) is 0 Å². The number of carbonyl (C=O) groups excluding carboxylic acids is 4. The van der Waals surface area contributed by atoms with Crippen molar-refractivity contribution in [3.05, 3.63) is 0 Å². The van der Waals surface area contributed by atoms with E-state index in [1.807, 2.05) is 0 Å². The molecule has 0 aromatic rings. The zero-order valence-corrected chi connectivity index (χ0v) is 19.4. The van der Waals surface area contributed by atoms with Crippen LogP contribution in [0.15, 0.2) is 0 Å². The second-order valence-corrected chi connectivity index (χ2v) is 10.7. The van der Waals surface area contributed by atoms with Crippen LogP contribution in [0.4, 0.5) is 0 Å². The van der Waals surface area contributed by atoms with Crippen LogP contribution >= 0.6 is 0 Å². The maximum absolute atomic E-state index is 12.6. The molecule has 0 amide bonds. The van der Waals surface area contributed by atoms with Gasteiger partial charge in [0.05, 0.1) is 24.9 Å². The average molecular weight is 445 g/mol. The summed E-state index contributed by atoms with van der Waals surface area (Å²) >= 11 is 0. The van der Waals surface area contributed by atoms with E-state index in [4.69, 9.17) is 0 Å². The van der Waals surface area contributed by atoms with Crippen molar-refractivity contribution in [2.24, 2.45) is 23.7 Å². The van der Waals surface area contributed by atoms with Gasteiger partial charge in [0.15, 0.2) is 11.6 Å². The van der Waals surface area contributed by atoms with Crippen LogP contribution in [0, 0.1) is 23.7 Å². The standard InChI is InChI=1S/C26H40N2O4/c29-23(15-25(31)21-3-1-13-27-21)19-9-5-17(6-10-19)18-7-11-20(12-8-18)24(30)16-26(32)22-4-2-14-28-22/h17-22,27-28H,1-16H2/t17?,18?,19?,20?,21-,22+. The van der Waals surface area contributed by atoms with Gasteiger partial charge in [0, 0.05) is 11.8 Å². The van der Waals surface area contributed by atoms with Gasteiger partial charge < -0.3 is 10.6 Å². The predicted octanol–water partition coefficient (Wildman–Crippen LogP) is 3.16. The Hall–Kier alpha value is -1.40. The van der Waals surface area contributed by atoms with Crippen molar-refractivity contribution in [1.29, 1.82) is 0 Å². The van der Waals surface area contributed by atoms with Gasteiger partial charge in [-0.2, -0.15) is 0 Å². The molecular formula is C26H40N2O4. The van der Waals surface area contributed by atoms with Gasteiger partial charge >= 0.3 is 0 Å². The first-order valence-corrected chi connectivity index (χ1v) is 13.1. The minimum atomic E-state index is -0.0992. The lowest BCUT2D eigenvalue weighted by Gasteiger charge is -2.37. The van der Waals surface area contributed by atoms with Crippen LogP contribution in [0.2, 0.25) is 0 Å². The molecule has 2 heterocycles. The summed E-state index contributed by atoms with van der Waals surface area (Å²) in [7, 11) is 0. The van der Waals surface area contributed by atoms with Crippen molar-refractivity contribution in [3.8, 4) is 0 Å². The number of Topliss-reactive ketones (excluding diaryl/α,β-unsaturated/α-hetero) is 4. The molecule has 0 aromatic carbocycles. The molecule has 6 heteroatoms. The van der Waals surface area contributed by atoms with Crippen molar-refractivity contribution in [3.63, 3.8) is 0 Å². The Labute approximate surface area is 192 Å². The molecule has 2 saturated heterocycles. The minimum Gasteiger partial charge on any atom is -0.307 e. The number of hydrogen-bond acceptors (Lipinski definition) is 6. The van der Waals surface area contributed by atoms with Crippen molar-refractivity contribution >= 4 is 23.1 Å². The molecule has 2 aliphatic carbocycles. The molecule has 0 spiro atoms. The van der Waals surface area contributed by atoms with E-state index in [9.17, 15) is 19.2 Å². The SMILES string of the molecule is O=C(CC(=O)[C@@H]1CCCN1)C1CCC(C2CCC(C(=O)CC(=O)[C@H]3CCCN3)CC2)CC1. The van der Waals surface area contributed by atoms with Gasteiger partial charge in [-0.05, 0) is 102 Å². The highest BCUT2D eigenvalue weighted by Gasteiger charge is 2.36. The Morgan fingerprint density at radius 1 is 0.500 bits per heavy atom. The highest BCUT2D eigenvalue weighted by atomic mass is 16.2. The first kappa shape index (κ1) is 23.7. The van der Waals surface area contributed by atoms with Crippen molar-refractivity contribution in [2.45, 2.75) is 102 Å². The normalized spacial score (nSPS) is 35.5. The van der Waals surface area contributed by atoms with Crippen molar-refractivity contribution in [2.75, 3.05) is 13.1 Å². The van der Waals surface area contributed by atoms with E-state index in [0.29, 0.717) is 11.8 Å². The number of hydrogen-bond donors (Lipinski definition) is 2. The predicted molar refractivity (Wildman–Crippen MR) is 122 cm³/mol. The molecule has 2 atom stereocenters. The summed E-state index contributed by atoms with van der Waals surface area (Å²) in [5.74, 6) is 1.88. The van der Waals surface area contributed by atoms with Crippen molar-refractivity contribution < 1.29 is 19.2 Å². The first-order valence-electron chi connectivity index (χ1n) is 13.1. The second kappa shape index (κ2) is 11.1. The van der Waals surface area contributed by atoms with Gasteiger partial charge in [-0.25, -0.2) is 0 Å². The van der Waals surface area contributed by atoms with Gasteiger partial charge in [-0.1, -0.05) is 0 Å². The van der Waals surface area contributed by atoms with Gasteiger partial charge in [-0.3, -0.25) is 19.2 Å². The summed E-state index contributed by atoms with van der Waals surface area (Å²) < 4.78 is 0. The molecule has 2 aliphatic heterocycles. The van der Waals surface area contributed by atoms with Gasteiger partial charge in [0.25, 0.3) is 0 Å². The summed E-state index contributed by atoms with van der Waals surface area (Å²) in [6.07, 6.45) is 11.9. The highest BCUT2D eigenvalue weighted by Crippen LogP contribution is 2.42. The lowest BCUT2D eigenvalue weighted by molar-refractivity contribution is -0.133. The molecule has 0 bridgehead atoms. The zero-order chi connectivity index (χ0) is 22.5. The molecule has 4 rings (SSSR count). The van der Waals surface area contributed by atoms with Gasteiger partial charge in [0.1, 0.15) is 11.6 Å².